The summed E-state index contributed by atoms with van der Waals surface area (Å²) in [5.41, 5.74) is 1.48. The SMILES string of the molecule is Cc1cc2cc(NC(=NC3CCCCN(CC(=O)N4CCCC4)C3=O)NC(=O)c3ccc(S(N)(=O)=O)cc3)ccc2o1. The molecule has 12 nitrogen and oxygen atoms in total. The summed E-state index contributed by atoms with van der Waals surface area (Å²) in [6.45, 7) is 3.74. The number of amides is 3. The molecule has 0 spiro atoms. The maximum atomic E-state index is 13.6. The van der Waals surface area contributed by atoms with Gasteiger partial charge in [0, 0.05) is 36.3 Å². The van der Waals surface area contributed by atoms with Crippen LogP contribution in [0.4, 0.5) is 5.69 Å². The monoisotopic (exact) mass is 594 g/mol. The van der Waals surface area contributed by atoms with Crippen molar-refractivity contribution in [3.8, 4) is 0 Å². The van der Waals surface area contributed by atoms with Gasteiger partial charge in [0.1, 0.15) is 17.4 Å². The zero-order valence-corrected chi connectivity index (χ0v) is 24.2. The van der Waals surface area contributed by atoms with Crippen molar-refractivity contribution in [2.75, 3.05) is 31.5 Å². The number of fused-ring (bicyclic) bond motifs is 1. The van der Waals surface area contributed by atoms with Gasteiger partial charge >= 0.3 is 0 Å². The number of hydrogen-bond donors (Lipinski definition) is 3. The first-order valence-corrected chi connectivity index (χ1v) is 15.5. The first kappa shape index (κ1) is 29.3. The molecule has 2 aromatic carbocycles. The molecule has 0 bridgehead atoms. The van der Waals surface area contributed by atoms with Gasteiger partial charge in [0.05, 0.1) is 11.4 Å². The van der Waals surface area contributed by atoms with Crippen molar-refractivity contribution in [1.29, 1.82) is 0 Å². The van der Waals surface area contributed by atoms with Crippen molar-refractivity contribution in [3.05, 3.63) is 59.9 Å². The van der Waals surface area contributed by atoms with E-state index in [9.17, 15) is 22.8 Å². The lowest BCUT2D eigenvalue weighted by molar-refractivity contribution is -0.140. The summed E-state index contributed by atoms with van der Waals surface area (Å²) in [5.74, 6) is -0.110. The number of anilines is 1. The van der Waals surface area contributed by atoms with Crippen LogP contribution in [0.5, 0.6) is 0 Å². The summed E-state index contributed by atoms with van der Waals surface area (Å²) in [5, 5.41) is 11.9. The zero-order valence-electron chi connectivity index (χ0n) is 23.3. The minimum Gasteiger partial charge on any atom is -0.461 e. The third-order valence-corrected chi connectivity index (χ3v) is 8.33. The summed E-state index contributed by atoms with van der Waals surface area (Å²) < 4.78 is 28.9. The molecular weight excluding hydrogens is 560 g/mol. The minimum absolute atomic E-state index is 0.00683. The number of benzene rings is 2. The van der Waals surface area contributed by atoms with Crippen LogP contribution in [-0.4, -0.2) is 74.1 Å². The van der Waals surface area contributed by atoms with Gasteiger partial charge in [-0.1, -0.05) is 0 Å². The Balaban J connectivity index is 1.40. The summed E-state index contributed by atoms with van der Waals surface area (Å²) >= 11 is 0. The summed E-state index contributed by atoms with van der Waals surface area (Å²) in [6, 6.07) is 11.6. The van der Waals surface area contributed by atoms with Crippen molar-refractivity contribution < 1.29 is 27.2 Å². The van der Waals surface area contributed by atoms with Gasteiger partial charge in [-0.15, -0.1) is 0 Å². The number of rotatable bonds is 6. The molecule has 3 amide bonds. The molecule has 222 valence electrons. The topological polar surface area (TPSA) is 167 Å². The van der Waals surface area contributed by atoms with Gasteiger partial charge in [-0.05, 0) is 87.6 Å². The van der Waals surface area contributed by atoms with Gasteiger partial charge in [0.2, 0.25) is 27.8 Å². The Hall–Kier alpha value is -4.23. The molecule has 3 aromatic rings. The van der Waals surface area contributed by atoms with Crippen molar-refractivity contribution in [1.82, 2.24) is 15.1 Å². The lowest BCUT2D eigenvalue weighted by Gasteiger charge is -2.25. The molecule has 0 radical (unpaired) electrons. The van der Waals surface area contributed by atoms with Crippen molar-refractivity contribution in [2.45, 2.75) is 50.0 Å². The quantitative estimate of drug-likeness (QED) is 0.291. The van der Waals surface area contributed by atoms with E-state index in [4.69, 9.17) is 9.56 Å². The Bertz CT molecular complexity index is 1630. The van der Waals surface area contributed by atoms with E-state index in [0.29, 0.717) is 37.3 Å². The summed E-state index contributed by atoms with van der Waals surface area (Å²) in [7, 11) is -3.92. The number of furan rings is 1. The molecule has 1 atom stereocenters. The van der Waals surface area contributed by atoms with Crippen molar-refractivity contribution >= 4 is 50.4 Å². The number of nitrogens with two attached hydrogens (primary N) is 1. The van der Waals surface area contributed by atoms with E-state index in [1.165, 1.54) is 24.3 Å². The van der Waals surface area contributed by atoms with Crippen LogP contribution in [0.1, 0.15) is 48.2 Å². The molecule has 42 heavy (non-hydrogen) atoms. The maximum absolute atomic E-state index is 13.6. The van der Waals surface area contributed by atoms with Crippen LogP contribution < -0.4 is 15.8 Å². The Kier molecular flexibility index (Phi) is 8.59. The molecule has 0 aliphatic carbocycles. The Morgan fingerprint density at radius 2 is 1.74 bits per heavy atom. The zero-order chi connectivity index (χ0) is 29.9. The van der Waals surface area contributed by atoms with E-state index in [-0.39, 0.29) is 34.8 Å². The molecular formula is C29H34N6O6S. The number of aryl methyl sites for hydroxylation is 1. The average Bonchev–Trinajstić information content (AvgIpc) is 3.58. The van der Waals surface area contributed by atoms with Crippen LogP contribution in [-0.2, 0) is 19.6 Å². The van der Waals surface area contributed by atoms with E-state index in [2.05, 4.69) is 15.6 Å². The third-order valence-electron chi connectivity index (χ3n) is 7.40. The average molecular weight is 595 g/mol. The smallest absolute Gasteiger partial charge is 0.257 e. The predicted octanol–water partition coefficient (Wildman–Crippen LogP) is 2.59. The highest BCUT2D eigenvalue weighted by molar-refractivity contribution is 7.89. The fourth-order valence-electron chi connectivity index (χ4n) is 5.21. The summed E-state index contributed by atoms with van der Waals surface area (Å²) in [4.78, 5) is 47.5. The van der Waals surface area contributed by atoms with Gasteiger partial charge in [-0.2, -0.15) is 0 Å². The third kappa shape index (κ3) is 6.97. The van der Waals surface area contributed by atoms with E-state index in [0.717, 1.165) is 36.8 Å². The fourth-order valence-corrected chi connectivity index (χ4v) is 5.72. The van der Waals surface area contributed by atoms with Crippen LogP contribution in [0.3, 0.4) is 0 Å². The second-order valence-electron chi connectivity index (χ2n) is 10.6. The molecule has 5 rings (SSSR count). The van der Waals surface area contributed by atoms with Crippen LogP contribution in [0.2, 0.25) is 0 Å². The second-order valence-corrected chi connectivity index (χ2v) is 12.2. The Labute approximate surface area is 244 Å². The molecule has 1 unspecified atom stereocenters. The highest BCUT2D eigenvalue weighted by atomic mass is 32.2. The van der Waals surface area contributed by atoms with Crippen molar-refractivity contribution in [3.63, 3.8) is 0 Å². The largest absolute Gasteiger partial charge is 0.461 e. The molecule has 0 saturated carbocycles. The van der Waals surface area contributed by atoms with Crippen LogP contribution in [0.25, 0.3) is 11.0 Å². The van der Waals surface area contributed by atoms with E-state index >= 15 is 0 Å². The van der Waals surface area contributed by atoms with Gasteiger partial charge in [-0.3, -0.25) is 19.7 Å². The minimum atomic E-state index is -3.92. The highest BCUT2D eigenvalue weighted by Crippen LogP contribution is 2.23. The molecule has 4 N–H and O–H groups in total. The molecule has 2 saturated heterocycles. The van der Waals surface area contributed by atoms with E-state index in [1.54, 1.807) is 21.9 Å². The van der Waals surface area contributed by atoms with Crippen LogP contribution in [0, 0.1) is 6.92 Å². The normalized spacial score (nSPS) is 18.3. The number of nitrogens with zero attached hydrogens (tertiary/aromatic N) is 3. The second kappa shape index (κ2) is 12.3. The number of primary sulfonamides is 1. The predicted molar refractivity (Wildman–Crippen MR) is 157 cm³/mol. The molecule has 2 aliphatic rings. The lowest BCUT2D eigenvalue weighted by Crippen LogP contribution is -2.45. The molecule has 1 aromatic heterocycles. The number of carbonyl (C=O) groups is 3. The van der Waals surface area contributed by atoms with Crippen molar-refractivity contribution in [2.24, 2.45) is 10.1 Å². The number of likely N-dealkylation sites (tertiary alicyclic amines) is 2. The molecule has 2 aliphatic heterocycles. The number of nitrogens with one attached hydrogen (secondary N) is 2. The lowest BCUT2D eigenvalue weighted by atomic mass is 10.1. The van der Waals surface area contributed by atoms with Gasteiger partial charge in [0.25, 0.3) is 5.91 Å². The molecule has 3 heterocycles. The number of sulfonamides is 1. The van der Waals surface area contributed by atoms with Crippen LogP contribution >= 0.6 is 0 Å². The fraction of sp³-hybridized carbons (Fsp3) is 0.379. The summed E-state index contributed by atoms with van der Waals surface area (Å²) in [6.07, 6.45) is 3.86. The van der Waals surface area contributed by atoms with E-state index < -0.39 is 22.0 Å². The van der Waals surface area contributed by atoms with Crippen LogP contribution in [0.15, 0.2) is 62.8 Å². The standard InChI is InChI=1S/C29H34N6O6S/c1-19-16-21-17-22(9-12-25(21)41-19)31-29(33-27(37)20-7-10-23(11-8-20)42(30,39)40)32-24-6-2-3-15-35(28(24)38)18-26(36)34-13-4-5-14-34/h7-12,16-17,24H,2-6,13-15,18H2,1H3,(H2,30,39,40)(H2,31,32,33,37). The maximum Gasteiger partial charge on any atom is 0.257 e. The van der Waals surface area contributed by atoms with E-state index in [1.807, 2.05) is 19.1 Å². The number of carbonyl (C=O) groups excluding carboxylic acids is 3. The molecule has 13 heteroatoms. The van der Waals surface area contributed by atoms with Gasteiger partial charge < -0.3 is 19.5 Å². The van der Waals surface area contributed by atoms with Gasteiger partial charge in [-0.25, -0.2) is 18.5 Å². The van der Waals surface area contributed by atoms with Gasteiger partial charge in [0.15, 0.2) is 0 Å². The number of guanidine groups is 1. The first-order valence-electron chi connectivity index (χ1n) is 13.9. The number of aliphatic imine (C=N–C) groups is 1. The first-order chi connectivity index (χ1) is 20.1. The Morgan fingerprint density at radius 3 is 2.45 bits per heavy atom. The number of hydrogen-bond acceptors (Lipinski definition) is 7. The Morgan fingerprint density at radius 1 is 1.02 bits per heavy atom. The molecule has 2 fully saturated rings. The highest BCUT2D eigenvalue weighted by Gasteiger charge is 2.30.